The Morgan fingerprint density at radius 1 is 0.381 bits per heavy atom. The average molecular weight is 599 g/mol. The minimum Gasteiger partial charge on any atom is -0.478 e. The maximum atomic E-state index is 10.2. The molecular formula is C36H74N2O4. The molecule has 0 radical (unpaired) electrons. The summed E-state index contributed by atoms with van der Waals surface area (Å²) in [5, 5.41) is 16.9. The van der Waals surface area contributed by atoms with E-state index < -0.39 is 11.9 Å². The fourth-order valence-corrected chi connectivity index (χ4v) is 4.93. The van der Waals surface area contributed by atoms with E-state index >= 15 is 0 Å². The SMILES string of the molecule is CCCCCCCCCCCCCCCC=CC(=O)O.CCCCCCCCCCCCCCCC=CC(=O)O.N.N. The van der Waals surface area contributed by atoms with E-state index in [2.05, 4.69) is 13.8 Å². The van der Waals surface area contributed by atoms with Gasteiger partial charge in [0.1, 0.15) is 0 Å². The van der Waals surface area contributed by atoms with Crippen molar-refractivity contribution in [2.24, 2.45) is 0 Å². The van der Waals surface area contributed by atoms with E-state index in [4.69, 9.17) is 10.2 Å². The summed E-state index contributed by atoms with van der Waals surface area (Å²) in [6.45, 7) is 4.53. The van der Waals surface area contributed by atoms with Gasteiger partial charge >= 0.3 is 11.9 Å². The van der Waals surface area contributed by atoms with Gasteiger partial charge in [0, 0.05) is 12.2 Å². The molecular weight excluding hydrogens is 524 g/mol. The highest BCUT2D eigenvalue weighted by molar-refractivity contribution is 5.79. The number of rotatable bonds is 30. The number of carboxylic acid groups (broad SMARTS) is 2. The molecule has 42 heavy (non-hydrogen) atoms. The monoisotopic (exact) mass is 599 g/mol. The Morgan fingerprint density at radius 3 is 0.762 bits per heavy atom. The van der Waals surface area contributed by atoms with E-state index in [1.165, 1.54) is 166 Å². The quantitative estimate of drug-likeness (QED) is 0.0478. The molecule has 0 unspecified atom stereocenters. The van der Waals surface area contributed by atoms with Crippen molar-refractivity contribution in [3.8, 4) is 0 Å². The molecule has 0 aromatic heterocycles. The summed E-state index contributed by atoms with van der Waals surface area (Å²) in [6.07, 6.45) is 43.1. The number of carboxylic acids is 2. The largest absolute Gasteiger partial charge is 0.478 e. The topological polar surface area (TPSA) is 145 Å². The Kier molecular flexibility index (Phi) is 49.3. The van der Waals surface area contributed by atoms with Gasteiger partial charge in [0.15, 0.2) is 0 Å². The summed E-state index contributed by atoms with van der Waals surface area (Å²) in [5.74, 6) is -1.67. The highest BCUT2D eigenvalue weighted by Crippen LogP contribution is 2.14. The van der Waals surface area contributed by atoms with Gasteiger partial charge in [-0.15, -0.1) is 0 Å². The number of hydrogen-bond donors (Lipinski definition) is 4. The minimum atomic E-state index is -0.834. The van der Waals surface area contributed by atoms with E-state index in [1.54, 1.807) is 12.2 Å². The molecule has 0 heterocycles. The van der Waals surface area contributed by atoms with Crippen LogP contribution in [0.5, 0.6) is 0 Å². The Bertz CT molecular complexity index is 529. The Balaban J connectivity index is -0.000000328. The van der Waals surface area contributed by atoms with Crippen LogP contribution in [-0.2, 0) is 9.59 Å². The smallest absolute Gasteiger partial charge is 0.327 e. The van der Waals surface area contributed by atoms with Crippen LogP contribution in [-0.4, -0.2) is 22.2 Å². The molecule has 0 amide bonds. The average Bonchev–Trinajstić information content (AvgIpc) is 2.93. The van der Waals surface area contributed by atoms with Gasteiger partial charge in [-0.1, -0.05) is 180 Å². The predicted octanol–water partition coefficient (Wildman–Crippen LogP) is 12.5. The molecule has 0 rings (SSSR count). The molecule has 6 nitrogen and oxygen atoms in total. The van der Waals surface area contributed by atoms with Crippen LogP contribution < -0.4 is 12.3 Å². The lowest BCUT2D eigenvalue weighted by atomic mass is 10.0. The zero-order valence-electron chi connectivity index (χ0n) is 28.2. The summed E-state index contributed by atoms with van der Waals surface area (Å²) < 4.78 is 0. The fraction of sp³-hybridized carbons (Fsp3) is 0.833. The molecule has 6 heteroatoms. The number of allylic oxidation sites excluding steroid dienone is 2. The molecule has 0 atom stereocenters. The van der Waals surface area contributed by atoms with Crippen LogP contribution >= 0.6 is 0 Å². The number of aliphatic carboxylic acids is 2. The van der Waals surface area contributed by atoms with Crippen molar-refractivity contribution >= 4 is 11.9 Å². The van der Waals surface area contributed by atoms with Gasteiger partial charge in [-0.2, -0.15) is 0 Å². The fourth-order valence-electron chi connectivity index (χ4n) is 4.93. The maximum absolute atomic E-state index is 10.2. The van der Waals surface area contributed by atoms with Crippen LogP contribution in [0.15, 0.2) is 24.3 Å². The standard InChI is InChI=1S/2C18H34O2.2H3N/c2*1-2-3-4-5-6-7-8-9-10-11-12-13-14-15-16-17-18(19)20;;/h2*16-17H,2-15H2,1H3,(H,19,20);2*1H3. The molecule has 0 bridgehead atoms. The molecule has 0 saturated carbocycles. The Hall–Kier alpha value is -1.66. The van der Waals surface area contributed by atoms with Crippen molar-refractivity contribution in [2.45, 2.75) is 194 Å². The lowest BCUT2D eigenvalue weighted by Gasteiger charge is -2.02. The zero-order valence-corrected chi connectivity index (χ0v) is 28.2. The van der Waals surface area contributed by atoms with Crippen LogP contribution in [0.1, 0.15) is 194 Å². The third-order valence-electron chi connectivity index (χ3n) is 7.47. The van der Waals surface area contributed by atoms with E-state index in [1.807, 2.05) is 0 Å². The van der Waals surface area contributed by atoms with Crippen LogP contribution in [0.3, 0.4) is 0 Å². The molecule has 8 N–H and O–H groups in total. The normalized spacial score (nSPS) is 10.7. The van der Waals surface area contributed by atoms with Gasteiger partial charge in [-0.25, -0.2) is 9.59 Å². The molecule has 0 aromatic rings. The van der Waals surface area contributed by atoms with Crippen LogP contribution in [0.4, 0.5) is 0 Å². The van der Waals surface area contributed by atoms with Gasteiger partial charge in [-0.3, -0.25) is 0 Å². The maximum Gasteiger partial charge on any atom is 0.327 e. The first-order valence-electron chi connectivity index (χ1n) is 17.3. The lowest BCUT2D eigenvalue weighted by molar-refractivity contribution is -0.132. The summed E-state index contributed by atoms with van der Waals surface area (Å²) in [6, 6.07) is 0. The van der Waals surface area contributed by atoms with E-state index in [9.17, 15) is 9.59 Å². The predicted molar refractivity (Wildman–Crippen MR) is 184 cm³/mol. The van der Waals surface area contributed by atoms with Gasteiger partial charge in [0.05, 0.1) is 0 Å². The second-order valence-corrected chi connectivity index (χ2v) is 11.5. The van der Waals surface area contributed by atoms with Gasteiger partial charge in [0.25, 0.3) is 0 Å². The van der Waals surface area contributed by atoms with E-state index in [0.29, 0.717) is 0 Å². The molecule has 0 aliphatic heterocycles. The van der Waals surface area contributed by atoms with Gasteiger partial charge in [-0.05, 0) is 25.7 Å². The highest BCUT2D eigenvalue weighted by atomic mass is 16.4. The Morgan fingerprint density at radius 2 is 0.571 bits per heavy atom. The summed E-state index contributed by atoms with van der Waals surface area (Å²) in [5.41, 5.74) is 0. The number of unbranched alkanes of at least 4 members (excludes halogenated alkanes) is 26. The molecule has 252 valence electrons. The van der Waals surface area contributed by atoms with Crippen LogP contribution in [0.25, 0.3) is 0 Å². The zero-order chi connectivity index (χ0) is 29.8. The van der Waals surface area contributed by atoms with Crippen LogP contribution in [0.2, 0.25) is 0 Å². The number of hydrogen-bond acceptors (Lipinski definition) is 4. The molecule has 0 aliphatic carbocycles. The third-order valence-corrected chi connectivity index (χ3v) is 7.47. The van der Waals surface area contributed by atoms with Gasteiger partial charge in [0.2, 0.25) is 0 Å². The summed E-state index contributed by atoms with van der Waals surface area (Å²) in [4.78, 5) is 20.5. The molecule has 0 spiro atoms. The van der Waals surface area contributed by atoms with Crippen molar-refractivity contribution in [3.05, 3.63) is 24.3 Å². The van der Waals surface area contributed by atoms with Crippen molar-refractivity contribution in [1.82, 2.24) is 12.3 Å². The molecule has 0 saturated heterocycles. The number of carbonyl (C=O) groups is 2. The minimum absolute atomic E-state index is 0. The van der Waals surface area contributed by atoms with E-state index in [-0.39, 0.29) is 12.3 Å². The van der Waals surface area contributed by atoms with Crippen molar-refractivity contribution in [2.75, 3.05) is 0 Å². The van der Waals surface area contributed by atoms with Crippen molar-refractivity contribution in [3.63, 3.8) is 0 Å². The second-order valence-electron chi connectivity index (χ2n) is 11.5. The Labute approximate surface area is 261 Å². The molecule has 0 fully saturated rings. The second kappa shape index (κ2) is 43.8. The first kappa shape index (κ1) is 47.3. The van der Waals surface area contributed by atoms with Crippen molar-refractivity contribution in [1.29, 1.82) is 0 Å². The first-order chi connectivity index (χ1) is 19.5. The van der Waals surface area contributed by atoms with Crippen molar-refractivity contribution < 1.29 is 19.8 Å². The molecule has 0 aliphatic rings. The lowest BCUT2D eigenvalue weighted by Crippen LogP contribution is -1.86. The van der Waals surface area contributed by atoms with Gasteiger partial charge < -0.3 is 22.5 Å². The van der Waals surface area contributed by atoms with E-state index in [0.717, 1.165) is 25.7 Å². The summed E-state index contributed by atoms with van der Waals surface area (Å²) in [7, 11) is 0. The first-order valence-corrected chi connectivity index (χ1v) is 17.3. The summed E-state index contributed by atoms with van der Waals surface area (Å²) >= 11 is 0. The molecule has 0 aromatic carbocycles. The van der Waals surface area contributed by atoms with Crippen LogP contribution in [0, 0.1) is 0 Å². The third kappa shape index (κ3) is 51.1. The highest BCUT2D eigenvalue weighted by Gasteiger charge is 1.95.